The molecule has 0 spiro atoms. The lowest BCUT2D eigenvalue weighted by atomic mass is 10.2. The fourth-order valence-electron chi connectivity index (χ4n) is 2.58. The maximum absolute atomic E-state index is 13.3. The third-order valence-electron chi connectivity index (χ3n) is 3.58. The van der Waals surface area contributed by atoms with Gasteiger partial charge in [-0.3, -0.25) is 4.31 Å². The molecule has 7 heteroatoms. The molecule has 0 amide bonds. The highest BCUT2D eigenvalue weighted by atomic mass is 32.2. The smallest absolute Gasteiger partial charge is 0.304 e. The molecule has 0 saturated carbocycles. The van der Waals surface area contributed by atoms with Crippen LogP contribution in [0.4, 0.5) is 10.1 Å². The van der Waals surface area contributed by atoms with E-state index in [2.05, 4.69) is 5.32 Å². The first-order valence-electron chi connectivity index (χ1n) is 6.36. The van der Waals surface area contributed by atoms with Crippen LogP contribution in [-0.2, 0) is 16.6 Å². The fourth-order valence-corrected chi connectivity index (χ4v) is 4.24. The molecule has 0 unspecified atom stereocenters. The topological polar surface area (TPSA) is 52.7 Å². The van der Waals surface area contributed by atoms with Crippen LogP contribution in [-0.4, -0.2) is 45.4 Å². The summed E-state index contributed by atoms with van der Waals surface area (Å²) in [6.07, 6.45) is 0.640. The summed E-state index contributed by atoms with van der Waals surface area (Å²) in [7, 11) is -3.53. The minimum atomic E-state index is -3.53. The van der Waals surface area contributed by atoms with E-state index in [1.807, 2.05) is 0 Å². The average molecular weight is 285 g/mol. The summed E-state index contributed by atoms with van der Waals surface area (Å²) in [5.74, 6) is -0.402. The summed E-state index contributed by atoms with van der Waals surface area (Å²) in [5.41, 5.74) is 1.37. The van der Waals surface area contributed by atoms with Gasteiger partial charge in [0, 0.05) is 32.7 Å². The van der Waals surface area contributed by atoms with Gasteiger partial charge in [0.25, 0.3) is 0 Å². The zero-order valence-corrected chi connectivity index (χ0v) is 11.3. The van der Waals surface area contributed by atoms with E-state index in [4.69, 9.17) is 0 Å². The summed E-state index contributed by atoms with van der Waals surface area (Å²) in [5, 5.41) is 3.12. The van der Waals surface area contributed by atoms with Gasteiger partial charge in [-0.1, -0.05) is 6.07 Å². The number of benzene rings is 1. The molecule has 0 atom stereocenters. The molecule has 19 heavy (non-hydrogen) atoms. The Hall–Kier alpha value is -1.18. The lowest BCUT2D eigenvalue weighted by Gasteiger charge is -2.31. The van der Waals surface area contributed by atoms with Gasteiger partial charge < -0.3 is 5.32 Å². The van der Waals surface area contributed by atoms with Crippen LogP contribution in [0.1, 0.15) is 5.56 Å². The SMILES string of the molecule is O=S(=O)(N1CCNCC1)N1CCc2ccc(F)cc21. The molecule has 1 N–H and O–H groups in total. The third-order valence-corrected chi connectivity index (χ3v) is 5.54. The van der Waals surface area contributed by atoms with Crippen molar-refractivity contribution in [1.29, 1.82) is 0 Å². The molecule has 1 aromatic carbocycles. The van der Waals surface area contributed by atoms with E-state index in [9.17, 15) is 12.8 Å². The Labute approximate surface area is 112 Å². The fraction of sp³-hybridized carbons (Fsp3) is 0.500. The molecular formula is C12H16FN3O2S. The summed E-state index contributed by atoms with van der Waals surface area (Å²) in [4.78, 5) is 0. The normalized spacial score (nSPS) is 20.6. The molecule has 2 heterocycles. The molecule has 0 bridgehead atoms. The molecule has 0 aromatic heterocycles. The summed E-state index contributed by atoms with van der Waals surface area (Å²) < 4.78 is 41.2. The third kappa shape index (κ3) is 2.22. The second-order valence-corrected chi connectivity index (χ2v) is 6.60. The van der Waals surface area contributed by atoms with Crippen molar-refractivity contribution in [3.63, 3.8) is 0 Å². The predicted octanol–water partition coefficient (Wildman–Crippen LogP) is 0.338. The number of piperazine rings is 1. The number of anilines is 1. The first kappa shape index (κ1) is 12.8. The second kappa shape index (κ2) is 4.73. The molecule has 0 aliphatic carbocycles. The van der Waals surface area contributed by atoms with Gasteiger partial charge in [0.2, 0.25) is 0 Å². The number of hydrogen-bond donors (Lipinski definition) is 1. The molecular weight excluding hydrogens is 269 g/mol. The Bertz CT molecular complexity index is 585. The molecule has 3 rings (SSSR count). The van der Waals surface area contributed by atoms with Gasteiger partial charge in [-0.2, -0.15) is 12.7 Å². The van der Waals surface area contributed by atoms with Crippen LogP contribution in [0.15, 0.2) is 18.2 Å². The Morgan fingerprint density at radius 1 is 1.16 bits per heavy atom. The van der Waals surface area contributed by atoms with E-state index >= 15 is 0 Å². The quantitative estimate of drug-likeness (QED) is 0.852. The first-order valence-corrected chi connectivity index (χ1v) is 7.76. The van der Waals surface area contributed by atoms with Gasteiger partial charge in [0.05, 0.1) is 5.69 Å². The minimum absolute atomic E-state index is 0.394. The molecule has 1 fully saturated rings. The number of nitrogens with zero attached hydrogens (tertiary/aromatic N) is 2. The molecule has 2 aliphatic heterocycles. The number of fused-ring (bicyclic) bond motifs is 1. The maximum atomic E-state index is 13.3. The van der Waals surface area contributed by atoms with Gasteiger partial charge in [0.1, 0.15) is 5.82 Å². The van der Waals surface area contributed by atoms with Gasteiger partial charge >= 0.3 is 10.2 Å². The standard InChI is InChI=1S/C12H16FN3O2S/c13-11-2-1-10-3-6-16(12(10)9-11)19(17,18)15-7-4-14-5-8-15/h1-2,9,14H,3-8H2. The van der Waals surface area contributed by atoms with Crippen LogP contribution in [0, 0.1) is 5.82 Å². The van der Waals surface area contributed by atoms with E-state index in [0.29, 0.717) is 44.8 Å². The zero-order valence-electron chi connectivity index (χ0n) is 10.5. The Morgan fingerprint density at radius 2 is 1.89 bits per heavy atom. The number of rotatable bonds is 2. The largest absolute Gasteiger partial charge is 0.314 e. The Balaban J connectivity index is 1.93. The average Bonchev–Trinajstić information content (AvgIpc) is 2.83. The molecule has 104 valence electrons. The van der Waals surface area contributed by atoms with Crippen LogP contribution in [0.5, 0.6) is 0 Å². The van der Waals surface area contributed by atoms with Crippen LogP contribution >= 0.6 is 0 Å². The molecule has 2 aliphatic rings. The van der Waals surface area contributed by atoms with Crippen LogP contribution in [0.2, 0.25) is 0 Å². The van der Waals surface area contributed by atoms with Crippen molar-refractivity contribution in [2.75, 3.05) is 37.0 Å². The van der Waals surface area contributed by atoms with Gasteiger partial charge in [0.15, 0.2) is 0 Å². The van der Waals surface area contributed by atoms with Crippen molar-refractivity contribution in [2.24, 2.45) is 0 Å². The lowest BCUT2D eigenvalue weighted by molar-refractivity contribution is 0.359. The maximum Gasteiger partial charge on any atom is 0.304 e. The Morgan fingerprint density at radius 3 is 2.63 bits per heavy atom. The van der Waals surface area contributed by atoms with Crippen molar-refractivity contribution >= 4 is 15.9 Å². The molecule has 0 radical (unpaired) electrons. The zero-order chi connectivity index (χ0) is 13.5. The van der Waals surface area contributed by atoms with Crippen LogP contribution in [0.25, 0.3) is 0 Å². The van der Waals surface area contributed by atoms with Crippen molar-refractivity contribution in [3.05, 3.63) is 29.6 Å². The minimum Gasteiger partial charge on any atom is -0.314 e. The highest BCUT2D eigenvalue weighted by Crippen LogP contribution is 2.32. The number of hydrogen-bond acceptors (Lipinski definition) is 3. The van der Waals surface area contributed by atoms with E-state index in [1.54, 1.807) is 6.07 Å². The number of nitrogens with one attached hydrogen (secondary N) is 1. The summed E-state index contributed by atoms with van der Waals surface area (Å²) >= 11 is 0. The van der Waals surface area contributed by atoms with E-state index in [-0.39, 0.29) is 0 Å². The lowest BCUT2D eigenvalue weighted by Crippen LogP contribution is -2.51. The van der Waals surface area contributed by atoms with Gasteiger partial charge in [-0.05, 0) is 24.1 Å². The van der Waals surface area contributed by atoms with Gasteiger partial charge in [-0.15, -0.1) is 0 Å². The molecule has 5 nitrogen and oxygen atoms in total. The highest BCUT2D eigenvalue weighted by Gasteiger charge is 2.34. The van der Waals surface area contributed by atoms with Crippen molar-refractivity contribution in [1.82, 2.24) is 9.62 Å². The van der Waals surface area contributed by atoms with Crippen LogP contribution in [0.3, 0.4) is 0 Å². The molecule has 1 aromatic rings. The van der Waals surface area contributed by atoms with Crippen molar-refractivity contribution < 1.29 is 12.8 Å². The van der Waals surface area contributed by atoms with Crippen molar-refractivity contribution in [3.8, 4) is 0 Å². The second-order valence-electron chi connectivity index (χ2n) is 4.75. The Kier molecular flexibility index (Phi) is 3.20. The van der Waals surface area contributed by atoms with E-state index < -0.39 is 16.0 Å². The highest BCUT2D eigenvalue weighted by molar-refractivity contribution is 7.90. The first-order chi connectivity index (χ1) is 9.09. The predicted molar refractivity (Wildman–Crippen MR) is 70.8 cm³/mol. The summed E-state index contributed by atoms with van der Waals surface area (Å²) in [6, 6.07) is 4.35. The summed E-state index contributed by atoms with van der Waals surface area (Å²) in [6.45, 7) is 2.63. The van der Waals surface area contributed by atoms with Crippen LogP contribution < -0.4 is 9.62 Å². The molecule has 1 saturated heterocycles. The number of halogens is 1. The monoisotopic (exact) mass is 285 g/mol. The van der Waals surface area contributed by atoms with E-state index in [0.717, 1.165) is 5.56 Å². The van der Waals surface area contributed by atoms with Crippen molar-refractivity contribution in [2.45, 2.75) is 6.42 Å². The van der Waals surface area contributed by atoms with E-state index in [1.165, 1.54) is 20.7 Å². The van der Waals surface area contributed by atoms with Gasteiger partial charge in [-0.25, -0.2) is 4.39 Å².